The van der Waals surface area contributed by atoms with E-state index >= 15 is 0 Å². The van der Waals surface area contributed by atoms with Crippen LogP contribution in [0.15, 0.2) is 33.2 Å². The summed E-state index contributed by atoms with van der Waals surface area (Å²) in [5, 5.41) is 7.44. The van der Waals surface area contributed by atoms with Crippen molar-refractivity contribution in [3.63, 3.8) is 0 Å². The van der Waals surface area contributed by atoms with E-state index < -0.39 is 0 Å². The number of carbonyl (C=O) groups excluding carboxylic acids is 1. The summed E-state index contributed by atoms with van der Waals surface area (Å²) in [5.74, 6) is 0.627. The highest BCUT2D eigenvalue weighted by Crippen LogP contribution is 2.20. The van der Waals surface area contributed by atoms with Gasteiger partial charge < -0.3 is 9.73 Å². The van der Waals surface area contributed by atoms with Gasteiger partial charge in [0.15, 0.2) is 0 Å². The lowest BCUT2D eigenvalue weighted by atomic mass is 10.2. The third kappa shape index (κ3) is 5.71. The molecule has 1 aromatic carbocycles. The molecule has 0 unspecified atom stereocenters. The number of piperazine rings is 1. The van der Waals surface area contributed by atoms with E-state index in [1.807, 2.05) is 24.3 Å². The molecule has 1 fully saturated rings. The highest BCUT2D eigenvalue weighted by atomic mass is 79.9. The van der Waals surface area contributed by atoms with Crippen LogP contribution in [0.5, 0.6) is 0 Å². The molecule has 7 nitrogen and oxygen atoms in total. The summed E-state index contributed by atoms with van der Waals surface area (Å²) >= 11 is 8.75. The summed E-state index contributed by atoms with van der Waals surface area (Å²) < 4.78 is 8.38. The SMILES string of the molecule is CCCNC(=O)CN1CCN(Cn2nc(-c3ccc(Br)cc3)oc2=S)CC1. The number of rotatable bonds is 7. The van der Waals surface area contributed by atoms with Gasteiger partial charge in [-0.2, -0.15) is 0 Å². The van der Waals surface area contributed by atoms with Gasteiger partial charge in [-0.1, -0.05) is 22.9 Å². The Morgan fingerprint density at radius 3 is 2.56 bits per heavy atom. The van der Waals surface area contributed by atoms with Crippen LogP contribution in [0.4, 0.5) is 0 Å². The predicted molar refractivity (Wildman–Crippen MR) is 110 cm³/mol. The molecule has 1 aromatic heterocycles. The minimum atomic E-state index is 0.100. The number of nitrogens with one attached hydrogen (secondary N) is 1. The molecular weight excluding hydrogens is 430 g/mol. The van der Waals surface area contributed by atoms with Crippen LogP contribution in [0.1, 0.15) is 13.3 Å². The van der Waals surface area contributed by atoms with Crippen LogP contribution < -0.4 is 5.32 Å². The van der Waals surface area contributed by atoms with Gasteiger partial charge in [0.2, 0.25) is 11.8 Å². The second-order valence-electron chi connectivity index (χ2n) is 6.57. The second kappa shape index (κ2) is 9.59. The zero-order chi connectivity index (χ0) is 19.2. The van der Waals surface area contributed by atoms with E-state index in [1.165, 1.54) is 0 Å². The zero-order valence-corrected chi connectivity index (χ0v) is 17.8. The molecule has 0 spiro atoms. The summed E-state index contributed by atoms with van der Waals surface area (Å²) in [7, 11) is 0. The Morgan fingerprint density at radius 1 is 1.22 bits per heavy atom. The number of hydrogen-bond acceptors (Lipinski definition) is 6. The monoisotopic (exact) mass is 453 g/mol. The van der Waals surface area contributed by atoms with Gasteiger partial charge in [-0.25, -0.2) is 4.68 Å². The Balaban J connectivity index is 1.53. The molecule has 0 atom stereocenters. The van der Waals surface area contributed by atoms with Crippen molar-refractivity contribution in [1.29, 1.82) is 0 Å². The fourth-order valence-electron chi connectivity index (χ4n) is 2.91. The average Bonchev–Trinajstić information content (AvgIpc) is 3.02. The Kier molecular flexibility index (Phi) is 7.17. The largest absolute Gasteiger partial charge is 0.409 e. The van der Waals surface area contributed by atoms with Crippen LogP contribution in [0.2, 0.25) is 0 Å². The maximum atomic E-state index is 11.8. The van der Waals surface area contributed by atoms with Crippen LogP contribution in [-0.4, -0.2) is 64.8 Å². The molecule has 2 heterocycles. The van der Waals surface area contributed by atoms with E-state index in [0.29, 0.717) is 23.9 Å². The summed E-state index contributed by atoms with van der Waals surface area (Å²) in [6.07, 6.45) is 0.958. The molecule has 9 heteroatoms. The fourth-order valence-corrected chi connectivity index (χ4v) is 3.35. The van der Waals surface area contributed by atoms with Crippen molar-refractivity contribution >= 4 is 34.1 Å². The van der Waals surface area contributed by atoms with Gasteiger partial charge in [-0.3, -0.25) is 14.6 Å². The summed E-state index contributed by atoms with van der Waals surface area (Å²) in [4.78, 5) is 16.7. The first-order chi connectivity index (χ1) is 13.0. The summed E-state index contributed by atoms with van der Waals surface area (Å²) in [5.41, 5.74) is 0.894. The van der Waals surface area contributed by atoms with Gasteiger partial charge in [0.1, 0.15) is 0 Å². The van der Waals surface area contributed by atoms with Crippen LogP contribution in [0.3, 0.4) is 0 Å². The minimum absolute atomic E-state index is 0.100. The average molecular weight is 454 g/mol. The van der Waals surface area contributed by atoms with Gasteiger partial charge >= 0.3 is 0 Å². The molecule has 2 aromatic rings. The quantitative estimate of drug-likeness (QED) is 0.650. The zero-order valence-electron chi connectivity index (χ0n) is 15.4. The molecule has 1 aliphatic heterocycles. The first-order valence-corrected chi connectivity index (χ1v) is 10.3. The van der Waals surface area contributed by atoms with E-state index in [1.54, 1.807) is 4.68 Å². The third-order valence-electron chi connectivity index (χ3n) is 4.44. The van der Waals surface area contributed by atoms with Crippen molar-refractivity contribution in [2.45, 2.75) is 20.0 Å². The van der Waals surface area contributed by atoms with Crippen molar-refractivity contribution < 1.29 is 9.21 Å². The number of nitrogens with zero attached hydrogens (tertiary/aromatic N) is 4. The van der Waals surface area contributed by atoms with Crippen LogP contribution >= 0.6 is 28.1 Å². The summed E-state index contributed by atoms with van der Waals surface area (Å²) in [6, 6.07) is 7.78. The molecule has 0 aliphatic carbocycles. The van der Waals surface area contributed by atoms with Gasteiger partial charge in [0.25, 0.3) is 4.84 Å². The molecule has 1 N–H and O–H groups in total. The third-order valence-corrected chi connectivity index (χ3v) is 5.26. The molecule has 1 amide bonds. The molecule has 0 radical (unpaired) electrons. The molecule has 1 aliphatic rings. The van der Waals surface area contributed by atoms with Crippen molar-refractivity contribution in [2.75, 3.05) is 39.3 Å². The van der Waals surface area contributed by atoms with Crippen molar-refractivity contribution in [3.8, 4) is 11.5 Å². The van der Waals surface area contributed by atoms with E-state index in [-0.39, 0.29) is 5.91 Å². The lowest BCUT2D eigenvalue weighted by Gasteiger charge is -2.33. The first-order valence-electron chi connectivity index (χ1n) is 9.10. The van der Waals surface area contributed by atoms with Gasteiger partial charge in [-0.05, 0) is 42.9 Å². The van der Waals surface area contributed by atoms with E-state index in [0.717, 1.165) is 49.2 Å². The molecule has 1 saturated heterocycles. The predicted octanol–water partition coefficient (Wildman–Crippen LogP) is 2.74. The highest BCUT2D eigenvalue weighted by Gasteiger charge is 2.20. The number of carbonyl (C=O) groups is 1. The smallest absolute Gasteiger partial charge is 0.288 e. The lowest BCUT2D eigenvalue weighted by Crippen LogP contribution is -2.49. The highest BCUT2D eigenvalue weighted by molar-refractivity contribution is 9.10. The normalized spacial score (nSPS) is 15.8. The van der Waals surface area contributed by atoms with Gasteiger partial charge in [-0.15, -0.1) is 5.10 Å². The molecule has 146 valence electrons. The second-order valence-corrected chi connectivity index (χ2v) is 7.83. The Labute approximate surface area is 172 Å². The number of amides is 1. The lowest BCUT2D eigenvalue weighted by molar-refractivity contribution is -0.122. The number of aromatic nitrogens is 2. The maximum absolute atomic E-state index is 11.8. The van der Waals surface area contributed by atoms with Crippen molar-refractivity contribution in [3.05, 3.63) is 33.6 Å². The van der Waals surface area contributed by atoms with Crippen LogP contribution in [0, 0.1) is 4.84 Å². The molecule has 3 rings (SSSR count). The molecular formula is C18H24BrN5O2S. The maximum Gasteiger partial charge on any atom is 0.288 e. The van der Waals surface area contributed by atoms with Crippen molar-refractivity contribution in [2.24, 2.45) is 0 Å². The Bertz CT molecular complexity index is 812. The Morgan fingerprint density at radius 2 is 1.89 bits per heavy atom. The Hall–Kier alpha value is -1.55. The van der Waals surface area contributed by atoms with Crippen molar-refractivity contribution in [1.82, 2.24) is 24.9 Å². The first kappa shape index (κ1) is 20.2. The molecule has 0 saturated carbocycles. The van der Waals surface area contributed by atoms with Gasteiger partial charge in [0.05, 0.1) is 13.2 Å². The standard InChI is InChI=1S/C18H24BrN5O2S/c1-2-7-20-16(25)12-22-8-10-23(11-9-22)13-24-18(27)26-17(21-24)14-3-5-15(19)6-4-14/h3-6H,2,7-13H2,1H3,(H,20,25). The summed E-state index contributed by atoms with van der Waals surface area (Å²) in [6.45, 7) is 7.28. The fraction of sp³-hybridized carbons (Fsp3) is 0.500. The van der Waals surface area contributed by atoms with E-state index in [9.17, 15) is 4.79 Å². The van der Waals surface area contributed by atoms with Crippen LogP contribution in [0.25, 0.3) is 11.5 Å². The van der Waals surface area contributed by atoms with Gasteiger partial charge in [0, 0.05) is 42.8 Å². The van der Waals surface area contributed by atoms with Crippen LogP contribution in [-0.2, 0) is 11.5 Å². The topological polar surface area (TPSA) is 66.5 Å². The number of halogens is 1. The number of benzene rings is 1. The molecule has 0 bridgehead atoms. The molecule has 27 heavy (non-hydrogen) atoms. The number of hydrogen-bond donors (Lipinski definition) is 1. The van der Waals surface area contributed by atoms with E-state index in [2.05, 4.69) is 43.1 Å². The minimum Gasteiger partial charge on any atom is -0.409 e. The van der Waals surface area contributed by atoms with E-state index in [4.69, 9.17) is 16.6 Å².